The number of rotatable bonds is 5. The topological polar surface area (TPSA) is 47.6 Å². The molecule has 94 valence electrons. The molecule has 4 nitrogen and oxygen atoms in total. The number of esters is 1. The molecule has 0 atom stereocenters. The number of hydrogen-bond donors (Lipinski definition) is 1. The van der Waals surface area contributed by atoms with Crippen LogP contribution in [0.4, 0.5) is 5.69 Å². The van der Waals surface area contributed by atoms with Crippen molar-refractivity contribution in [3.63, 3.8) is 0 Å². The van der Waals surface area contributed by atoms with E-state index in [9.17, 15) is 4.79 Å². The first-order valence-electron chi connectivity index (χ1n) is 5.30. The minimum atomic E-state index is -0.320. The van der Waals surface area contributed by atoms with E-state index >= 15 is 0 Å². The van der Waals surface area contributed by atoms with Crippen molar-refractivity contribution in [3.8, 4) is 5.75 Å². The maximum atomic E-state index is 11.3. The smallest absolute Gasteiger partial charge is 0.325 e. The molecular formula is C12H16ClNO3. The highest BCUT2D eigenvalue weighted by molar-refractivity contribution is 6.33. The van der Waals surface area contributed by atoms with Crippen LogP contribution in [0.1, 0.15) is 13.8 Å². The highest BCUT2D eigenvalue weighted by Crippen LogP contribution is 2.26. The number of carbonyl (C=O) groups excluding carboxylic acids is 1. The number of methoxy groups -OCH3 is 1. The first-order valence-corrected chi connectivity index (χ1v) is 5.67. The molecular weight excluding hydrogens is 242 g/mol. The summed E-state index contributed by atoms with van der Waals surface area (Å²) in [7, 11) is 1.57. The highest BCUT2D eigenvalue weighted by Gasteiger charge is 2.07. The quantitative estimate of drug-likeness (QED) is 0.824. The zero-order valence-corrected chi connectivity index (χ0v) is 10.9. The number of hydrogen-bond acceptors (Lipinski definition) is 4. The number of carbonyl (C=O) groups is 1. The number of nitrogens with one attached hydrogen (secondary N) is 1. The molecule has 0 aliphatic heterocycles. The Bertz CT molecular complexity index is 393. The number of benzene rings is 1. The van der Waals surface area contributed by atoms with Crippen LogP contribution in [0.5, 0.6) is 5.75 Å². The Morgan fingerprint density at radius 2 is 2.18 bits per heavy atom. The summed E-state index contributed by atoms with van der Waals surface area (Å²) in [5, 5.41) is 3.44. The molecule has 0 amide bonds. The lowest BCUT2D eigenvalue weighted by molar-refractivity contribution is -0.145. The van der Waals surface area contributed by atoms with Crippen molar-refractivity contribution >= 4 is 23.3 Å². The summed E-state index contributed by atoms with van der Waals surface area (Å²) < 4.78 is 10.1. The second-order valence-corrected chi connectivity index (χ2v) is 4.15. The fourth-order valence-electron chi connectivity index (χ4n) is 1.24. The summed E-state index contributed by atoms with van der Waals surface area (Å²) in [5.41, 5.74) is 0.645. The molecule has 1 rings (SSSR count). The molecule has 17 heavy (non-hydrogen) atoms. The summed E-state index contributed by atoms with van der Waals surface area (Å²) >= 11 is 5.97. The van der Waals surface area contributed by atoms with Gasteiger partial charge in [0.1, 0.15) is 12.3 Å². The zero-order chi connectivity index (χ0) is 12.8. The summed E-state index contributed by atoms with van der Waals surface area (Å²) in [5.74, 6) is 0.355. The molecule has 1 aromatic carbocycles. The SMILES string of the molecule is COc1ccc(Cl)c(NCC(=O)OC(C)C)c1. The predicted octanol–water partition coefficient (Wildman–Crippen LogP) is 2.71. The monoisotopic (exact) mass is 257 g/mol. The fraction of sp³-hybridized carbons (Fsp3) is 0.417. The summed E-state index contributed by atoms with van der Waals surface area (Å²) in [4.78, 5) is 11.3. The molecule has 0 unspecified atom stereocenters. The molecule has 0 aliphatic carbocycles. The van der Waals surface area contributed by atoms with Crippen molar-refractivity contribution in [1.29, 1.82) is 0 Å². The molecule has 0 heterocycles. The molecule has 0 bridgehead atoms. The van der Waals surface area contributed by atoms with Gasteiger partial charge in [0.15, 0.2) is 0 Å². The molecule has 0 radical (unpaired) electrons. The Balaban J connectivity index is 2.59. The van der Waals surface area contributed by atoms with Crippen molar-refractivity contribution in [2.45, 2.75) is 20.0 Å². The molecule has 0 fully saturated rings. The Morgan fingerprint density at radius 1 is 1.47 bits per heavy atom. The largest absolute Gasteiger partial charge is 0.497 e. The van der Waals surface area contributed by atoms with E-state index in [4.69, 9.17) is 21.1 Å². The van der Waals surface area contributed by atoms with Gasteiger partial charge in [-0.15, -0.1) is 0 Å². The van der Waals surface area contributed by atoms with Crippen molar-refractivity contribution in [2.24, 2.45) is 0 Å². The van der Waals surface area contributed by atoms with Gasteiger partial charge < -0.3 is 14.8 Å². The van der Waals surface area contributed by atoms with E-state index in [1.807, 2.05) is 0 Å². The lowest BCUT2D eigenvalue weighted by Crippen LogP contribution is -2.20. The van der Waals surface area contributed by atoms with Gasteiger partial charge in [0.25, 0.3) is 0 Å². The van der Waals surface area contributed by atoms with Crippen LogP contribution in [0.25, 0.3) is 0 Å². The minimum Gasteiger partial charge on any atom is -0.497 e. The second kappa shape index (κ2) is 6.35. The lowest BCUT2D eigenvalue weighted by atomic mass is 10.3. The Kier molecular flexibility index (Phi) is 5.10. The van der Waals surface area contributed by atoms with Crippen LogP contribution in [0.3, 0.4) is 0 Å². The van der Waals surface area contributed by atoms with Crippen molar-refractivity contribution in [3.05, 3.63) is 23.2 Å². The van der Waals surface area contributed by atoms with Crippen molar-refractivity contribution < 1.29 is 14.3 Å². The third-order valence-electron chi connectivity index (χ3n) is 1.96. The average Bonchev–Trinajstić information content (AvgIpc) is 2.27. The number of anilines is 1. The van der Waals surface area contributed by atoms with E-state index in [-0.39, 0.29) is 18.6 Å². The highest BCUT2D eigenvalue weighted by atomic mass is 35.5. The van der Waals surface area contributed by atoms with Crippen LogP contribution in [0, 0.1) is 0 Å². The zero-order valence-electron chi connectivity index (χ0n) is 10.1. The van der Waals surface area contributed by atoms with E-state index in [0.29, 0.717) is 16.5 Å². The molecule has 0 saturated carbocycles. The first-order chi connectivity index (χ1) is 8.02. The Morgan fingerprint density at radius 3 is 2.76 bits per heavy atom. The molecule has 1 N–H and O–H groups in total. The van der Waals surface area contributed by atoms with Crippen molar-refractivity contribution in [2.75, 3.05) is 19.0 Å². The molecule has 0 aliphatic rings. The van der Waals surface area contributed by atoms with Gasteiger partial charge in [0.05, 0.1) is 23.9 Å². The van der Waals surface area contributed by atoms with E-state index in [1.54, 1.807) is 39.2 Å². The normalized spacial score (nSPS) is 10.2. The maximum absolute atomic E-state index is 11.3. The standard InChI is InChI=1S/C12H16ClNO3/c1-8(2)17-12(15)7-14-11-6-9(16-3)4-5-10(11)13/h4-6,8,14H,7H2,1-3H3. The van der Waals surface area contributed by atoms with E-state index in [1.165, 1.54) is 0 Å². The van der Waals surface area contributed by atoms with E-state index in [0.717, 1.165) is 0 Å². The van der Waals surface area contributed by atoms with Gasteiger partial charge in [0, 0.05) is 6.07 Å². The molecule has 0 spiro atoms. The van der Waals surface area contributed by atoms with Crippen LogP contribution in [-0.4, -0.2) is 25.7 Å². The third-order valence-corrected chi connectivity index (χ3v) is 2.29. The van der Waals surface area contributed by atoms with Crippen LogP contribution >= 0.6 is 11.6 Å². The number of halogens is 1. The molecule has 0 saturated heterocycles. The van der Waals surface area contributed by atoms with Gasteiger partial charge in [-0.3, -0.25) is 4.79 Å². The summed E-state index contributed by atoms with van der Waals surface area (Å²) in [6, 6.07) is 5.18. The average molecular weight is 258 g/mol. The third kappa shape index (κ3) is 4.53. The van der Waals surface area contributed by atoms with Crippen LogP contribution in [-0.2, 0) is 9.53 Å². The fourth-order valence-corrected chi connectivity index (χ4v) is 1.42. The van der Waals surface area contributed by atoms with Crippen molar-refractivity contribution in [1.82, 2.24) is 0 Å². The summed E-state index contributed by atoms with van der Waals surface area (Å²) in [6.45, 7) is 3.68. The second-order valence-electron chi connectivity index (χ2n) is 3.74. The number of ether oxygens (including phenoxy) is 2. The first kappa shape index (κ1) is 13.6. The van der Waals surface area contributed by atoms with Gasteiger partial charge in [-0.2, -0.15) is 0 Å². The van der Waals surface area contributed by atoms with Gasteiger partial charge in [0.2, 0.25) is 0 Å². The van der Waals surface area contributed by atoms with Gasteiger partial charge in [-0.25, -0.2) is 0 Å². The minimum absolute atomic E-state index is 0.0745. The molecule has 0 aromatic heterocycles. The van der Waals surface area contributed by atoms with Crippen LogP contribution in [0.15, 0.2) is 18.2 Å². The van der Waals surface area contributed by atoms with Gasteiger partial charge in [-0.1, -0.05) is 11.6 Å². The van der Waals surface area contributed by atoms with Gasteiger partial charge in [-0.05, 0) is 26.0 Å². The van der Waals surface area contributed by atoms with Crippen LogP contribution < -0.4 is 10.1 Å². The van der Waals surface area contributed by atoms with E-state index in [2.05, 4.69) is 5.32 Å². The Hall–Kier alpha value is -1.42. The van der Waals surface area contributed by atoms with Crippen LogP contribution in [0.2, 0.25) is 5.02 Å². The molecule has 1 aromatic rings. The Labute approximate surface area is 106 Å². The maximum Gasteiger partial charge on any atom is 0.325 e. The van der Waals surface area contributed by atoms with Gasteiger partial charge >= 0.3 is 5.97 Å². The predicted molar refractivity (Wildman–Crippen MR) is 67.7 cm³/mol. The lowest BCUT2D eigenvalue weighted by Gasteiger charge is -2.11. The van der Waals surface area contributed by atoms with E-state index < -0.39 is 0 Å². The summed E-state index contributed by atoms with van der Waals surface area (Å²) in [6.07, 6.45) is -0.120. The molecule has 5 heteroatoms.